The zero-order valence-corrected chi connectivity index (χ0v) is 16.2. The van der Waals surface area contributed by atoms with E-state index < -0.39 is 12.5 Å². The van der Waals surface area contributed by atoms with Gasteiger partial charge in [-0.15, -0.1) is 0 Å². The first kappa shape index (κ1) is 21.7. The summed E-state index contributed by atoms with van der Waals surface area (Å²) < 4.78 is 49.7. The van der Waals surface area contributed by atoms with Crippen LogP contribution in [0.1, 0.15) is 15.9 Å². The molecule has 1 N–H and O–H groups in total. The van der Waals surface area contributed by atoms with Gasteiger partial charge in [0.15, 0.2) is 23.0 Å². The number of nitrogens with one attached hydrogen (secondary N) is 1. The number of nitrogens with zero attached hydrogens (tertiary/aromatic N) is 1. The summed E-state index contributed by atoms with van der Waals surface area (Å²) in [6.07, 6.45) is 1.32. The quantitative estimate of drug-likeness (QED) is 0.505. The van der Waals surface area contributed by atoms with Gasteiger partial charge >= 0.3 is 6.61 Å². The third-order valence-electron chi connectivity index (χ3n) is 3.71. The molecule has 0 aliphatic heterocycles. The fourth-order valence-corrected chi connectivity index (χ4v) is 2.40. The van der Waals surface area contributed by atoms with Crippen molar-refractivity contribution >= 4 is 12.1 Å². The van der Waals surface area contributed by atoms with Crippen molar-refractivity contribution in [1.29, 1.82) is 0 Å². The zero-order chi connectivity index (χ0) is 21.4. The van der Waals surface area contributed by atoms with Crippen LogP contribution in [0.2, 0.25) is 0 Å². The summed E-state index contributed by atoms with van der Waals surface area (Å²) in [5.41, 5.74) is 3.08. The molecule has 2 rings (SSSR count). The smallest absolute Gasteiger partial charge is 0.387 e. The predicted octanol–water partition coefficient (Wildman–Crippen LogP) is 3.09. The summed E-state index contributed by atoms with van der Waals surface area (Å²) in [5.74, 6) is 0.463. The SMILES string of the molecule is COc1cc(/C=N\NC(=O)c2cc(OC)c(OC)c(OC)c2)ccc1OC(F)F. The molecule has 0 aliphatic carbocycles. The fraction of sp³-hybridized carbons (Fsp3) is 0.263. The van der Waals surface area contributed by atoms with Gasteiger partial charge in [0.05, 0.1) is 34.7 Å². The Morgan fingerprint density at radius 3 is 2.07 bits per heavy atom. The molecule has 2 aromatic rings. The molecule has 8 nitrogen and oxygen atoms in total. The molecule has 29 heavy (non-hydrogen) atoms. The van der Waals surface area contributed by atoms with Gasteiger partial charge in [0, 0.05) is 5.56 Å². The van der Waals surface area contributed by atoms with E-state index in [2.05, 4.69) is 15.3 Å². The lowest BCUT2D eigenvalue weighted by atomic mass is 10.1. The molecule has 0 atom stereocenters. The minimum Gasteiger partial charge on any atom is -0.493 e. The monoisotopic (exact) mass is 410 g/mol. The number of halogens is 2. The molecule has 0 aromatic heterocycles. The van der Waals surface area contributed by atoms with Crippen molar-refractivity contribution in [3.8, 4) is 28.7 Å². The van der Waals surface area contributed by atoms with Crippen molar-refractivity contribution in [2.75, 3.05) is 28.4 Å². The molecule has 0 unspecified atom stereocenters. The van der Waals surface area contributed by atoms with Gasteiger partial charge < -0.3 is 23.7 Å². The van der Waals surface area contributed by atoms with Gasteiger partial charge in [-0.2, -0.15) is 13.9 Å². The second-order valence-corrected chi connectivity index (χ2v) is 5.40. The molecule has 0 saturated heterocycles. The lowest BCUT2D eigenvalue weighted by molar-refractivity contribution is -0.0512. The highest BCUT2D eigenvalue weighted by Gasteiger charge is 2.16. The van der Waals surface area contributed by atoms with Crippen LogP contribution >= 0.6 is 0 Å². The van der Waals surface area contributed by atoms with Crippen LogP contribution in [-0.2, 0) is 0 Å². The minimum atomic E-state index is -2.97. The highest BCUT2D eigenvalue weighted by molar-refractivity contribution is 5.96. The molecule has 10 heteroatoms. The van der Waals surface area contributed by atoms with E-state index in [1.807, 2.05) is 0 Å². The van der Waals surface area contributed by atoms with E-state index in [0.29, 0.717) is 22.8 Å². The van der Waals surface area contributed by atoms with E-state index in [1.54, 1.807) is 0 Å². The minimum absolute atomic E-state index is 0.102. The van der Waals surface area contributed by atoms with Crippen molar-refractivity contribution in [3.63, 3.8) is 0 Å². The Kier molecular flexibility index (Phi) is 7.58. The van der Waals surface area contributed by atoms with Gasteiger partial charge in [0.25, 0.3) is 5.91 Å². The van der Waals surface area contributed by atoms with Crippen molar-refractivity contribution in [2.24, 2.45) is 5.10 Å². The van der Waals surface area contributed by atoms with Crippen molar-refractivity contribution in [2.45, 2.75) is 6.61 Å². The summed E-state index contributed by atoms with van der Waals surface area (Å²) in [7, 11) is 5.65. The number of hydrogen-bond acceptors (Lipinski definition) is 7. The Hall–Kier alpha value is -3.56. The van der Waals surface area contributed by atoms with Crippen LogP contribution in [0.25, 0.3) is 0 Å². The molecule has 0 radical (unpaired) electrons. The van der Waals surface area contributed by atoms with E-state index >= 15 is 0 Å². The van der Waals surface area contributed by atoms with E-state index in [1.165, 1.54) is 65.0 Å². The van der Waals surface area contributed by atoms with Crippen LogP contribution in [0.4, 0.5) is 8.78 Å². The van der Waals surface area contributed by atoms with Crippen LogP contribution in [0.5, 0.6) is 28.7 Å². The number of benzene rings is 2. The molecule has 156 valence electrons. The van der Waals surface area contributed by atoms with E-state index in [4.69, 9.17) is 18.9 Å². The van der Waals surface area contributed by atoms with Gasteiger partial charge in [0.2, 0.25) is 5.75 Å². The van der Waals surface area contributed by atoms with Crippen LogP contribution in [0.15, 0.2) is 35.4 Å². The van der Waals surface area contributed by atoms with Gasteiger partial charge in [-0.05, 0) is 35.9 Å². The van der Waals surface area contributed by atoms with Crippen LogP contribution in [-0.4, -0.2) is 47.2 Å². The van der Waals surface area contributed by atoms with Crippen LogP contribution in [0.3, 0.4) is 0 Å². The molecule has 1 amide bonds. The van der Waals surface area contributed by atoms with Gasteiger partial charge in [-0.25, -0.2) is 5.43 Å². The Morgan fingerprint density at radius 1 is 0.931 bits per heavy atom. The number of alkyl halides is 2. The number of carbonyl (C=O) groups is 1. The topological polar surface area (TPSA) is 87.6 Å². The van der Waals surface area contributed by atoms with Gasteiger partial charge in [0.1, 0.15) is 0 Å². The molecular formula is C19H20F2N2O6. The van der Waals surface area contributed by atoms with E-state index in [9.17, 15) is 13.6 Å². The fourth-order valence-electron chi connectivity index (χ4n) is 2.40. The maximum absolute atomic E-state index is 12.4. The number of hydrazone groups is 1. The molecule has 2 aromatic carbocycles. The highest BCUT2D eigenvalue weighted by Crippen LogP contribution is 2.38. The Morgan fingerprint density at radius 2 is 1.55 bits per heavy atom. The molecule has 0 spiro atoms. The Labute approximate surface area is 166 Å². The maximum atomic E-state index is 12.4. The number of carbonyl (C=O) groups excluding carboxylic acids is 1. The first-order valence-corrected chi connectivity index (χ1v) is 8.19. The molecule has 0 fully saturated rings. The largest absolute Gasteiger partial charge is 0.493 e. The lowest BCUT2D eigenvalue weighted by Gasteiger charge is -2.13. The standard InChI is InChI=1S/C19H20F2N2O6/c1-25-14-7-11(5-6-13(14)29-19(20)21)10-22-23-18(24)12-8-15(26-2)17(28-4)16(9-12)27-3/h5-10,19H,1-4H3,(H,23,24)/b22-10-. The Bertz CT molecular complexity index is 864. The summed E-state index contributed by atoms with van der Waals surface area (Å²) in [4.78, 5) is 12.4. The molecule has 0 aliphatic rings. The first-order valence-electron chi connectivity index (χ1n) is 8.19. The van der Waals surface area contributed by atoms with Crippen LogP contribution < -0.4 is 29.1 Å². The molecule has 0 heterocycles. The zero-order valence-electron chi connectivity index (χ0n) is 16.2. The number of amides is 1. The normalized spacial score (nSPS) is 10.7. The second kappa shape index (κ2) is 10.1. The van der Waals surface area contributed by atoms with E-state index in [-0.39, 0.29) is 17.1 Å². The molecule has 0 saturated carbocycles. The Balaban J connectivity index is 2.15. The number of hydrogen-bond donors (Lipinski definition) is 1. The number of rotatable bonds is 9. The first-order chi connectivity index (χ1) is 13.9. The van der Waals surface area contributed by atoms with Crippen molar-refractivity contribution < 1.29 is 37.3 Å². The highest BCUT2D eigenvalue weighted by atomic mass is 19.3. The molecule has 0 bridgehead atoms. The predicted molar refractivity (Wildman–Crippen MR) is 101 cm³/mol. The van der Waals surface area contributed by atoms with Crippen molar-refractivity contribution in [1.82, 2.24) is 5.43 Å². The number of methoxy groups -OCH3 is 4. The lowest BCUT2D eigenvalue weighted by Crippen LogP contribution is -2.18. The molecular weight excluding hydrogens is 390 g/mol. The third kappa shape index (κ3) is 5.47. The number of ether oxygens (including phenoxy) is 5. The summed E-state index contributed by atoms with van der Waals surface area (Å²) >= 11 is 0. The van der Waals surface area contributed by atoms with Crippen molar-refractivity contribution in [3.05, 3.63) is 41.5 Å². The average Bonchev–Trinajstić information content (AvgIpc) is 2.72. The second-order valence-electron chi connectivity index (χ2n) is 5.40. The third-order valence-corrected chi connectivity index (χ3v) is 3.71. The van der Waals surface area contributed by atoms with Gasteiger partial charge in [-0.3, -0.25) is 4.79 Å². The van der Waals surface area contributed by atoms with Gasteiger partial charge in [-0.1, -0.05) is 0 Å². The summed E-state index contributed by atoms with van der Waals surface area (Å²) in [6.45, 7) is -2.97. The van der Waals surface area contributed by atoms with E-state index in [0.717, 1.165) is 0 Å². The average molecular weight is 410 g/mol. The summed E-state index contributed by atoms with van der Waals surface area (Å²) in [6, 6.07) is 7.19. The summed E-state index contributed by atoms with van der Waals surface area (Å²) in [5, 5.41) is 3.86. The maximum Gasteiger partial charge on any atom is 0.387 e. The van der Waals surface area contributed by atoms with Crippen LogP contribution in [0, 0.1) is 0 Å².